The molecule has 7 aromatic carbocycles. The number of benzene rings is 7. The van der Waals surface area contributed by atoms with Gasteiger partial charge in [-0.05, 0) is 48.5 Å². The Labute approximate surface area is 297 Å². The van der Waals surface area contributed by atoms with E-state index < -0.39 is 0 Å². The Bertz CT molecular complexity index is 3130. The molecule has 51 heavy (non-hydrogen) atoms. The molecule has 11 rings (SSSR count). The lowest BCUT2D eigenvalue weighted by molar-refractivity contribution is 1.15. The van der Waals surface area contributed by atoms with Crippen LogP contribution in [0.5, 0.6) is 0 Å². The molecule has 0 bridgehead atoms. The quantitative estimate of drug-likeness (QED) is 0.187. The van der Waals surface area contributed by atoms with Crippen molar-refractivity contribution >= 4 is 75.3 Å². The SMILES string of the molecule is c1ccc(-n2c3ccccc3c3c(-c4nc(-c5cccc6c5sc5ccccc56)c5c(n4)c4ccccc4n5-c4ccccc4)cccc32)cc1. The van der Waals surface area contributed by atoms with Crippen LogP contribution in [0.25, 0.3) is 97.9 Å². The van der Waals surface area contributed by atoms with Gasteiger partial charge in [0, 0.05) is 58.8 Å². The molecule has 0 amide bonds. The molecule has 4 heterocycles. The maximum absolute atomic E-state index is 5.65. The minimum Gasteiger partial charge on any atom is -0.309 e. The van der Waals surface area contributed by atoms with Crippen molar-refractivity contribution < 1.29 is 0 Å². The summed E-state index contributed by atoms with van der Waals surface area (Å²) in [6.45, 7) is 0. The fraction of sp³-hybridized carbons (Fsp3) is 0. The third kappa shape index (κ3) is 4.13. The number of para-hydroxylation sites is 4. The third-order valence-electron chi connectivity index (χ3n) is 10.1. The second-order valence-electron chi connectivity index (χ2n) is 12.9. The normalized spacial score (nSPS) is 11.9. The summed E-state index contributed by atoms with van der Waals surface area (Å²) < 4.78 is 7.20. The second-order valence-corrected chi connectivity index (χ2v) is 14.0. The van der Waals surface area contributed by atoms with Crippen LogP contribution in [-0.4, -0.2) is 19.1 Å². The molecule has 0 saturated heterocycles. The Hall–Kier alpha value is -6.56. The Morgan fingerprint density at radius 2 is 0.980 bits per heavy atom. The van der Waals surface area contributed by atoms with Gasteiger partial charge < -0.3 is 9.13 Å². The van der Waals surface area contributed by atoms with E-state index in [0.717, 1.165) is 66.6 Å². The van der Waals surface area contributed by atoms with Crippen LogP contribution in [0.15, 0.2) is 170 Å². The van der Waals surface area contributed by atoms with Gasteiger partial charge in [0.1, 0.15) is 11.2 Å². The van der Waals surface area contributed by atoms with Gasteiger partial charge in [0.25, 0.3) is 0 Å². The van der Waals surface area contributed by atoms with Crippen molar-refractivity contribution in [2.24, 2.45) is 0 Å². The van der Waals surface area contributed by atoms with Crippen LogP contribution in [-0.2, 0) is 0 Å². The first kappa shape index (κ1) is 28.3. The number of aromatic nitrogens is 4. The predicted molar refractivity (Wildman–Crippen MR) is 214 cm³/mol. The molecule has 0 radical (unpaired) electrons. The van der Waals surface area contributed by atoms with Crippen LogP contribution in [0.1, 0.15) is 0 Å². The molecular weight excluding hydrogens is 641 g/mol. The first-order chi connectivity index (χ1) is 25.3. The highest BCUT2D eigenvalue weighted by molar-refractivity contribution is 7.26. The maximum atomic E-state index is 5.65. The van der Waals surface area contributed by atoms with Gasteiger partial charge >= 0.3 is 0 Å². The molecule has 0 fully saturated rings. The van der Waals surface area contributed by atoms with E-state index >= 15 is 0 Å². The number of hydrogen-bond donors (Lipinski definition) is 0. The summed E-state index contributed by atoms with van der Waals surface area (Å²) in [7, 11) is 0. The van der Waals surface area contributed by atoms with Crippen molar-refractivity contribution in [3.63, 3.8) is 0 Å². The van der Waals surface area contributed by atoms with Gasteiger partial charge in [0.2, 0.25) is 0 Å². The van der Waals surface area contributed by atoms with Gasteiger partial charge in [-0.25, -0.2) is 9.97 Å². The molecule has 0 unspecified atom stereocenters. The summed E-state index contributed by atoms with van der Waals surface area (Å²) in [6, 6.07) is 60.4. The number of thiophene rings is 1. The van der Waals surface area contributed by atoms with E-state index in [9.17, 15) is 0 Å². The molecule has 0 spiro atoms. The molecular formula is C46H28N4S. The topological polar surface area (TPSA) is 35.6 Å². The van der Waals surface area contributed by atoms with Crippen LogP contribution in [0.4, 0.5) is 0 Å². The van der Waals surface area contributed by atoms with E-state index in [-0.39, 0.29) is 0 Å². The molecule has 5 heteroatoms. The van der Waals surface area contributed by atoms with Gasteiger partial charge in [0.15, 0.2) is 5.82 Å². The Balaban J connectivity index is 1.31. The first-order valence-electron chi connectivity index (χ1n) is 17.2. The van der Waals surface area contributed by atoms with Gasteiger partial charge in [0.05, 0.1) is 22.1 Å². The third-order valence-corrected chi connectivity index (χ3v) is 11.4. The zero-order valence-electron chi connectivity index (χ0n) is 27.4. The van der Waals surface area contributed by atoms with Crippen molar-refractivity contribution in [3.8, 4) is 34.0 Å². The summed E-state index contributed by atoms with van der Waals surface area (Å²) in [6.07, 6.45) is 0. The monoisotopic (exact) mass is 668 g/mol. The van der Waals surface area contributed by atoms with Crippen molar-refractivity contribution in [1.29, 1.82) is 0 Å². The minimum absolute atomic E-state index is 0.716. The van der Waals surface area contributed by atoms with Crippen molar-refractivity contribution in [1.82, 2.24) is 19.1 Å². The van der Waals surface area contributed by atoms with Gasteiger partial charge in [-0.1, -0.05) is 121 Å². The molecule has 0 atom stereocenters. The molecule has 0 aliphatic heterocycles. The first-order valence-corrected chi connectivity index (χ1v) is 18.0. The lowest BCUT2D eigenvalue weighted by atomic mass is 10.0. The van der Waals surface area contributed by atoms with Crippen molar-refractivity contribution in [2.45, 2.75) is 0 Å². The Morgan fingerprint density at radius 1 is 0.412 bits per heavy atom. The molecule has 0 saturated carbocycles. The van der Waals surface area contributed by atoms with Crippen LogP contribution >= 0.6 is 11.3 Å². The summed E-state index contributed by atoms with van der Waals surface area (Å²) >= 11 is 1.83. The van der Waals surface area contributed by atoms with E-state index in [0.29, 0.717) is 5.82 Å². The summed E-state index contributed by atoms with van der Waals surface area (Å²) in [5.74, 6) is 0.716. The van der Waals surface area contributed by atoms with Gasteiger partial charge in [-0.15, -0.1) is 11.3 Å². The average molecular weight is 669 g/mol. The lowest BCUT2D eigenvalue weighted by Gasteiger charge is -2.13. The molecule has 238 valence electrons. The molecule has 4 nitrogen and oxygen atoms in total. The number of hydrogen-bond acceptors (Lipinski definition) is 3. The molecule has 0 aliphatic rings. The highest BCUT2D eigenvalue weighted by Gasteiger charge is 2.24. The summed E-state index contributed by atoms with van der Waals surface area (Å²) in [5.41, 5.74) is 10.6. The van der Waals surface area contributed by atoms with Crippen molar-refractivity contribution in [3.05, 3.63) is 170 Å². The largest absolute Gasteiger partial charge is 0.309 e. The van der Waals surface area contributed by atoms with Crippen molar-refractivity contribution in [2.75, 3.05) is 0 Å². The van der Waals surface area contributed by atoms with Crippen LogP contribution in [0, 0.1) is 0 Å². The van der Waals surface area contributed by atoms with Crippen LogP contribution < -0.4 is 0 Å². The summed E-state index contributed by atoms with van der Waals surface area (Å²) in [5, 5.41) is 5.94. The van der Waals surface area contributed by atoms with E-state index in [1.165, 1.54) is 25.6 Å². The fourth-order valence-corrected chi connectivity index (χ4v) is 9.21. The Morgan fingerprint density at radius 3 is 1.76 bits per heavy atom. The van der Waals surface area contributed by atoms with E-state index in [1.807, 2.05) is 11.3 Å². The van der Waals surface area contributed by atoms with Crippen LogP contribution in [0.3, 0.4) is 0 Å². The van der Waals surface area contributed by atoms with E-state index in [2.05, 4.69) is 179 Å². The standard InChI is InChI=1S/C46H28N4S/c1-3-15-29(16-4-1)49-37-25-10-7-20-33(37)41-35(23-14-27-39(41)49)46-47-42-34-21-8-11-26-38(34)50(30-17-5-2-6-18-30)44(42)43(48-46)36-24-13-22-32-31-19-9-12-28-40(31)51-45(32)36/h1-28H. The Kier molecular flexibility index (Phi) is 6.09. The average Bonchev–Trinajstić information content (AvgIpc) is 3.86. The predicted octanol–water partition coefficient (Wildman–Crippen LogP) is 12.4. The smallest absolute Gasteiger partial charge is 0.161 e. The molecule has 11 aromatic rings. The summed E-state index contributed by atoms with van der Waals surface area (Å²) in [4.78, 5) is 11.2. The van der Waals surface area contributed by atoms with E-state index in [4.69, 9.17) is 9.97 Å². The van der Waals surface area contributed by atoms with E-state index in [1.54, 1.807) is 0 Å². The number of nitrogens with zero attached hydrogens (tertiary/aromatic N) is 4. The zero-order valence-corrected chi connectivity index (χ0v) is 28.2. The second kappa shape index (κ2) is 11.0. The fourth-order valence-electron chi connectivity index (χ4n) is 7.99. The molecule has 4 aromatic heterocycles. The number of fused-ring (bicyclic) bond motifs is 9. The maximum Gasteiger partial charge on any atom is 0.161 e. The zero-order chi connectivity index (χ0) is 33.5. The highest BCUT2D eigenvalue weighted by Crippen LogP contribution is 2.45. The van der Waals surface area contributed by atoms with Crippen LogP contribution in [0.2, 0.25) is 0 Å². The molecule has 0 N–H and O–H groups in total. The number of rotatable bonds is 4. The molecule has 0 aliphatic carbocycles. The van der Waals surface area contributed by atoms with Gasteiger partial charge in [-0.3, -0.25) is 0 Å². The highest BCUT2D eigenvalue weighted by atomic mass is 32.1. The minimum atomic E-state index is 0.716. The van der Waals surface area contributed by atoms with Gasteiger partial charge in [-0.2, -0.15) is 0 Å². The lowest BCUT2D eigenvalue weighted by Crippen LogP contribution is -2.00.